The number of hydrogen-bond donors (Lipinski definition) is 0. The molecule has 0 aliphatic carbocycles. The minimum Gasteiger partial charge on any atom is -0.361 e. The maximum absolute atomic E-state index is 12.4. The molecule has 1 aliphatic heterocycles. The zero-order valence-corrected chi connectivity index (χ0v) is 11.7. The smallest absolute Gasteiger partial charge is 0.276 e. The normalized spacial score (nSPS) is 19.3. The molecule has 0 spiro atoms. The Labute approximate surface area is 117 Å². The number of aromatic nitrogens is 3. The topological polar surface area (TPSA) is 64.2 Å². The van der Waals surface area contributed by atoms with Crippen molar-refractivity contribution in [3.05, 3.63) is 35.5 Å². The van der Waals surface area contributed by atoms with E-state index in [1.165, 1.54) is 5.56 Å². The number of carbonyl (C=O) groups excluding carboxylic acids is 1. The Bertz CT molecular complexity index is 616. The third-order valence-corrected chi connectivity index (χ3v) is 3.75. The van der Waals surface area contributed by atoms with Crippen LogP contribution in [0, 0.1) is 6.92 Å². The molecule has 1 amide bonds. The Hall–Kier alpha value is -2.11. The van der Waals surface area contributed by atoms with Crippen LogP contribution in [0.15, 0.2) is 23.0 Å². The van der Waals surface area contributed by atoms with Gasteiger partial charge in [-0.2, -0.15) is 5.10 Å². The molecule has 3 rings (SSSR count). The number of hydrogen-bond acceptors (Lipinski definition) is 4. The van der Waals surface area contributed by atoms with Crippen LogP contribution in [-0.4, -0.2) is 38.8 Å². The number of aryl methyl sites for hydroxylation is 2. The molecule has 2 aromatic heterocycles. The molecule has 6 heteroatoms. The second-order valence-corrected chi connectivity index (χ2v) is 5.36. The summed E-state index contributed by atoms with van der Waals surface area (Å²) in [6, 6.07) is 1.69. The van der Waals surface area contributed by atoms with E-state index in [1.54, 1.807) is 17.7 Å². The highest BCUT2D eigenvalue weighted by Crippen LogP contribution is 2.27. The highest BCUT2D eigenvalue weighted by atomic mass is 16.5. The largest absolute Gasteiger partial charge is 0.361 e. The fraction of sp³-hybridized carbons (Fsp3) is 0.500. The number of likely N-dealkylation sites (tertiary alicyclic amines) is 1. The van der Waals surface area contributed by atoms with E-state index < -0.39 is 0 Å². The van der Waals surface area contributed by atoms with Crippen molar-refractivity contribution in [2.24, 2.45) is 7.05 Å². The summed E-state index contributed by atoms with van der Waals surface area (Å²) in [5.74, 6) is 0.971. The van der Waals surface area contributed by atoms with Gasteiger partial charge in [0.05, 0.1) is 6.20 Å². The molecule has 1 atom stereocenters. The number of nitrogens with zero attached hydrogens (tertiary/aromatic N) is 4. The minimum atomic E-state index is -0.0459. The first-order chi connectivity index (χ1) is 9.63. The van der Waals surface area contributed by atoms with Crippen LogP contribution >= 0.6 is 0 Å². The van der Waals surface area contributed by atoms with Crippen LogP contribution in [0.2, 0.25) is 0 Å². The molecule has 0 N–H and O–H groups in total. The standard InChI is InChI=1S/C14H18N4O2/c1-10-6-13(16-20-10)14(19)18-5-3-4-11(9-18)12-7-15-17(2)8-12/h6-8,11H,3-5,9H2,1-2H3. The molecule has 2 aromatic rings. The first-order valence-corrected chi connectivity index (χ1v) is 6.84. The van der Waals surface area contributed by atoms with Gasteiger partial charge in [-0.15, -0.1) is 0 Å². The lowest BCUT2D eigenvalue weighted by molar-refractivity contribution is 0.0696. The van der Waals surface area contributed by atoms with Crippen molar-refractivity contribution in [3.63, 3.8) is 0 Å². The molecule has 20 heavy (non-hydrogen) atoms. The van der Waals surface area contributed by atoms with Gasteiger partial charge < -0.3 is 9.42 Å². The van der Waals surface area contributed by atoms with E-state index in [0.717, 1.165) is 25.9 Å². The molecule has 3 heterocycles. The van der Waals surface area contributed by atoms with Crippen molar-refractivity contribution >= 4 is 5.91 Å². The molecular formula is C14H18N4O2. The molecule has 106 valence electrons. The summed E-state index contributed by atoms with van der Waals surface area (Å²) < 4.78 is 6.78. The van der Waals surface area contributed by atoms with E-state index in [-0.39, 0.29) is 5.91 Å². The van der Waals surface area contributed by atoms with Crippen LogP contribution in [0.1, 0.15) is 40.6 Å². The lowest BCUT2D eigenvalue weighted by Crippen LogP contribution is -2.39. The Morgan fingerprint density at radius 2 is 2.35 bits per heavy atom. The van der Waals surface area contributed by atoms with Gasteiger partial charge in [-0.05, 0) is 25.3 Å². The predicted octanol–water partition coefficient (Wildman–Crippen LogP) is 1.74. The lowest BCUT2D eigenvalue weighted by Gasteiger charge is -2.31. The van der Waals surface area contributed by atoms with Crippen molar-refractivity contribution in [2.75, 3.05) is 13.1 Å². The first kappa shape index (κ1) is 12.9. The summed E-state index contributed by atoms with van der Waals surface area (Å²) in [4.78, 5) is 14.2. The molecule has 0 aromatic carbocycles. The highest BCUT2D eigenvalue weighted by molar-refractivity contribution is 5.92. The van der Waals surface area contributed by atoms with E-state index in [0.29, 0.717) is 17.4 Å². The highest BCUT2D eigenvalue weighted by Gasteiger charge is 2.27. The van der Waals surface area contributed by atoms with Gasteiger partial charge in [0.15, 0.2) is 5.69 Å². The number of carbonyl (C=O) groups is 1. The molecular weight excluding hydrogens is 256 g/mol. The molecule has 0 radical (unpaired) electrons. The fourth-order valence-corrected chi connectivity index (χ4v) is 2.71. The second-order valence-electron chi connectivity index (χ2n) is 5.36. The summed E-state index contributed by atoms with van der Waals surface area (Å²) in [7, 11) is 1.91. The number of piperidine rings is 1. The van der Waals surface area contributed by atoms with Crippen molar-refractivity contribution in [1.29, 1.82) is 0 Å². The molecule has 1 fully saturated rings. The van der Waals surface area contributed by atoms with Gasteiger partial charge in [-0.1, -0.05) is 5.16 Å². The number of amides is 1. The van der Waals surface area contributed by atoms with Crippen LogP contribution in [0.25, 0.3) is 0 Å². The summed E-state index contributed by atoms with van der Waals surface area (Å²) in [6.07, 6.45) is 6.01. The number of rotatable bonds is 2. The summed E-state index contributed by atoms with van der Waals surface area (Å²) in [6.45, 7) is 3.29. The van der Waals surface area contributed by atoms with E-state index >= 15 is 0 Å². The van der Waals surface area contributed by atoms with Gasteiger partial charge in [0, 0.05) is 38.3 Å². The Kier molecular flexibility index (Phi) is 3.30. The molecule has 0 saturated carbocycles. The average molecular weight is 274 g/mol. The van der Waals surface area contributed by atoms with Crippen LogP contribution in [-0.2, 0) is 7.05 Å². The third kappa shape index (κ3) is 2.45. The molecule has 1 aliphatic rings. The van der Waals surface area contributed by atoms with Crippen LogP contribution in [0.3, 0.4) is 0 Å². The summed E-state index contributed by atoms with van der Waals surface area (Å²) in [5, 5.41) is 8.02. The van der Waals surface area contributed by atoms with Gasteiger partial charge in [0.25, 0.3) is 5.91 Å². The maximum Gasteiger partial charge on any atom is 0.276 e. The fourth-order valence-electron chi connectivity index (χ4n) is 2.71. The summed E-state index contributed by atoms with van der Waals surface area (Å²) in [5.41, 5.74) is 1.59. The van der Waals surface area contributed by atoms with Crippen molar-refractivity contribution in [1.82, 2.24) is 19.8 Å². The minimum absolute atomic E-state index is 0.0459. The lowest BCUT2D eigenvalue weighted by atomic mass is 9.92. The Morgan fingerprint density at radius 3 is 3.00 bits per heavy atom. The van der Waals surface area contributed by atoms with Crippen LogP contribution in [0.4, 0.5) is 0 Å². The van der Waals surface area contributed by atoms with Gasteiger partial charge in [0.1, 0.15) is 5.76 Å². The van der Waals surface area contributed by atoms with E-state index in [1.807, 2.05) is 24.3 Å². The zero-order chi connectivity index (χ0) is 14.1. The van der Waals surface area contributed by atoms with E-state index in [9.17, 15) is 4.79 Å². The van der Waals surface area contributed by atoms with Gasteiger partial charge in [0.2, 0.25) is 0 Å². The average Bonchev–Trinajstić information content (AvgIpc) is 3.07. The van der Waals surface area contributed by atoms with Crippen LogP contribution in [0.5, 0.6) is 0 Å². The molecule has 1 unspecified atom stereocenters. The van der Waals surface area contributed by atoms with Gasteiger partial charge in [-0.3, -0.25) is 9.48 Å². The quantitative estimate of drug-likeness (QED) is 0.836. The van der Waals surface area contributed by atoms with E-state index in [2.05, 4.69) is 10.3 Å². The molecule has 1 saturated heterocycles. The van der Waals surface area contributed by atoms with Gasteiger partial charge in [-0.25, -0.2) is 0 Å². The molecule has 6 nitrogen and oxygen atoms in total. The Balaban J connectivity index is 1.73. The first-order valence-electron chi connectivity index (χ1n) is 6.84. The third-order valence-electron chi connectivity index (χ3n) is 3.75. The molecule has 0 bridgehead atoms. The monoisotopic (exact) mass is 274 g/mol. The maximum atomic E-state index is 12.4. The van der Waals surface area contributed by atoms with Crippen molar-refractivity contribution < 1.29 is 9.32 Å². The van der Waals surface area contributed by atoms with E-state index in [4.69, 9.17) is 4.52 Å². The SMILES string of the molecule is Cc1cc(C(=O)N2CCCC(c3cnn(C)c3)C2)no1. The zero-order valence-electron chi connectivity index (χ0n) is 11.7. The van der Waals surface area contributed by atoms with Crippen molar-refractivity contribution in [2.45, 2.75) is 25.7 Å². The predicted molar refractivity (Wildman–Crippen MR) is 72.3 cm³/mol. The second kappa shape index (κ2) is 5.11. The van der Waals surface area contributed by atoms with Gasteiger partial charge >= 0.3 is 0 Å². The van der Waals surface area contributed by atoms with Crippen molar-refractivity contribution in [3.8, 4) is 0 Å². The summed E-state index contributed by atoms with van der Waals surface area (Å²) >= 11 is 0. The Morgan fingerprint density at radius 1 is 1.50 bits per heavy atom. The van der Waals surface area contributed by atoms with Crippen LogP contribution < -0.4 is 0 Å².